The maximum Gasteiger partial charge on any atom is 0.0937 e. The Morgan fingerprint density at radius 1 is 1.64 bits per heavy atom. The van der Waals surface area contributed by atoms with Crippen molar-refractivity contribution in [2.45, 2.75) is 32.7 Å². The zero-order chi connectivity index (χ0) is 8.69. The quantitative estimate of drug-likeness (QED) is 0.510. The molecule has 0 saturated heterocycles. The van der Waals surface area contributed by atoms with Crippen molar-refractivity contribution in [3.05, 3.63) is 0 Å². The zero-order valence-electron chi connectivity index (χ0n) is 7.63. The summed E-state index contributed by atoms with van der Waals surface area (Å²) >= 11 is 1.85. The van der Waals surface area contributed by atoms with Gasteiger partial charge in [-0.05, 0) is 25.4 Å². The second kappa shape index (κ2) is 6.53. The highest BCUT2D eigenvalue weighted by Crippen LogP contribution is 2.03. The van der Waals surface area contributed by atoms with Gasteiger partial charge in [0.1, 0.15) is 0 Å². The molecule has 0 aromatic rings. The highest BCUT2D eigenvalue weighted by molar-refractivity contribution is 7.98. The molecule has 0 amide bonds. The molecule has 0 spiro atoms. The van der Waals surface area contributed by atoms with E-state index in [1.807, 2.05) is 18.7 Å². The van der Waals surface area contributed by atoms with Gasteiger partial charge in [-0.3, -0.25) is 4.99 Å². The summed E-state index contributed by atoms with van der Waals surface area (Å²) < 4.78 is 0. The largest absolute Gasteiger partial charge is 0.387 e. The van der Waals surface area contributed by atoms with E-state index in [1.54, 1.807) is 0 Å². The van der Waals surface area contributed by atoms with Crippen LogP contribution in [0.3, 0.4) is 0 Å². The summed E-state index contributed by atoms with van der Waals surface area (Å²) in [6, 6.07) is 0.391. The van der Waals surface area contributed by atoms with Gasteiger partial charge >= 0.3 is 0 Å². The SMILES string of the molecule is CCC(N)=NC(C)CCSC. The molecular weight excluding hydrogens is 156 g/mol. The fourth-order valence-electron chi connectivity index (χ4n) is 0.727. The molecule has 0 aromatic heterocycles. The van der Waals surface area contributed by atoms with Crippen LogP contribution in [-0.2, 0) is 0 Å². The minimum absolute atomic E-state index is 0.391. The van der Waals surface area contributed by atoms with Gasteiger partial charge in [-0.25, -0.2) is 0 Å². The number of amidine groups is 1. The van der Waals surface area contributed by atoms with E-state index in [0.29, 0.717) is 6.04 Å². The van der Waals surface area contributed by atoms with Crippen LogP contribution in [0, 0.1) is 0 Å². The Hall–Kier alpha value is -0.180. The fourth-order valence-corrected chi connectivity index (χ4v) is 1.30. The Labute approximate surface area is 73.7 Å². The smallest absolute Gasteiger partial charge is 0.0937 e. The molecule has 1 atom stereocenters. The predicted molar refractivity (Wildman–Crippen MR) is 54.4 cm³/mol. The molecule has 0 aliphatic rings. The maximum absolute atomic E-state index is 5.59. The summed E-state index contributed by atoms with van der Waals surface area (Å²) in [7, 11) is 0. The van der Waals surface area contributed by atoms with Crippen LogP contribution >= 0.6 is 11.8 Å². The molecule has 0 fully saturated rings. The molecule has 2 N–H and O–H groups in total. The van der Waals surface area contributed by atoms with Gasteiger partial charge in [-0.2, -0.15) is 11.8 Å². The molecule has 11 heavy (non-hydrogen) atoms. The van der Waals surface area contributed by atoms with E-state index in [0.717, 1.165) is 18.7 Å². The molecule has 0 aliphatic heterocycles. The number of hydrogen-bond acceptors (Lipinski definition) is 2. The van der Waals surface area contributed by atoms with Crippen molar-refractivity contribution in [3.63, 3.8) is 0 Å². The molecule has 2 nitrogen and oxygen atoms in total. The van der Waals surface area contributed by atoms with Crippen LogP contribution in [0.25, 0.3) is 0 Å². The van der Waals surface area contributed by atoms with Gasteiger partial charge < -0.3 is 5.73 Å². The summed E-state index contributed by atoms with van der Waals surface area (Å²) in [5, 5.41) is 0. The molecule has 0 bridgehead atoms. The van der Waals surface area contributed by atoms with Gasteiger partial charge in [0.25, 0.3) is 0 Å². The van der Waals surface area contributed by atoms with Gasteiger partial charge in [0, 0.05) is 12.5 Å². The minimum Gasteiger partial charge on any atom is -0.387 e. The number of thioether (sulfide) groups is 1. The monoisotopic (exact) mass is 174 g/mol. The van der Waals surface area contributed by atoms with Crippen LogP contribution < -0.4 is 5.73 Å². The first-order valence-electron chi connectivity index (χ1n) is 4.01. The highest BCUT2D eigenvalue weighted by atomic mass is 32.2. The molecule has 0 rings (SSSR count). The summed E-state index contributed by atoms with van der Waals surface area (Å²) in [6.07, 6.45) is 4.10. The number of nitrogens with two attached hydrogens (primary N) is 1. The topological polar surface area (TPSA) is 38.4 Å². The van der Waals surface area contributed by atoms with Crippen LogP contribution in [0.15, 0.2) is 4.99 Å². The van der Waals surface area contributed by atoms with Crippen LogP contribution in [0.1, 0.15) is 26.7 Å². The third-order valence-electron chi connectivity index (χ3n) is 1.49. The molecule has 1 unspecified atom stereocenters. The summed E-state index contributed by atoms with van der Waals surface area (Å²) in [5.41, 5.74) is 5.59. The third-order valence-corrected chi connectivity index (χ3v) is 2.13. The molecule has 66 valence electrons. The second-order valence-electron chi connectivity index (χ2n) is 2.60. The van der Waals surface area contributed by atoms with E-state index in [-0.39, 0.29) is 0 Å². The Bertz CT molecular complexity index is 123. The first-order valence-corrected chi connectivity index (χ1v) is 5.41. The van der Waals surface area contributed by atoms with Crippen LogP contribution in [0.2, 0.25) is 0 Å². The van der Waals surface area contributed by atoms with Crippen molar-refractivity contribution in [2.75, 3.05) is 12.0 Å². The lowest BCUT2D eigenvalue weighted by molar-refractivity contribution is 0.720. The van der Waals surface area contributed by atoms with Crippen LogP contribution in [-0.4, -0.2) is 23.9 Å². The van der Waals surface area contributed by atoms with Crippen molar-refractivity contribution in [3.8, 4) is 0 Å². The average Bonchev–Trinajstić information content (AvgIpc) is 2.00. The van der Waals surface area contributed by atoms with Gasteiger partial charge in [0.15, 0.2) is 0 Å². The molecule has 0 aromatic carbocycles. The van der Waals surface area contributed by atoms with E-state index in [9.17, 15) is 0 Å². The number of rotatable bonds is 5. The Morgan fingerprint density at radius 3 is 2.73 bits per heavy atom. The highest BCUT2D eigenvalue weighted by Gasteiger charge is 1.98. The lowest BCUT2D eigenvalue weighted by Gasteiger charge is -2.05. The molecule has 0 heterocycles. The van der Waals surface area contributed by atoms with Gasteiger partial charge in [-0.1, -0.05) is 6.92 Å². The predicted octanol–water partition coefficient (Wildman–Crippen LogP) is 1.90. The molecule has 0 aliphatic carbocycles. The van der Waals surface area contributed by atoms with Gasteiger partial charge in [0.05, 0.1) is 5.84 Å². The van der Waals surface area contributed by atoms with E-state index in [4.69, 9.17) is 5.73 Å². The van der Waals surface area contributed by atoms with Crippen molar-refractivity contribution < 1.29 is 0 Å². The Morgan fingerprint density at radius 2 is 2.27 bits per heavy atom. The Balaban J connectivity index is 3.57. The standard InChI is InChI=1S/C8H18N2S/c1-4-8(9)10-7(2)5-6-11-3/h7H,4-6H2,1-3H3,(H2,9,10). The van der Waals surface area contributed by atoms with Crippen molar-refractivity contribution in [2.24, 2.45) is 10.7 Å². The van der Waals surface area contributed by atoms with Crippen molar-refractivity contribution >= 4 is 17.6 Å². The maximum atomic E-state index is 5.59. The van der Waals surface area contributed by atoms with E-state index in [2.05, 4.69) is 18.2 Å². The lowest BCUT2D eigenvalue weighted by Crippen LogP contribution is -2.14. The van der Waals surface area contributed by atoms with E-state index >= 15 is 0 Å². The average molecular weight is 174 g/mol. The number of hydrogen-bond donors (Lipinski definition) is 1. The first-order chi connectivity index (χ1) is 5.20. The summed E-state index contributed by atoms with van der Waals surface area (Å²) in [4.78, 5) is 4.31. The minimum atomic E-state index is 0.391. The van der Waals surface area contributed by atoms with Crippen molar-refractivity contribution in [1.82, 2.24) is 0 Å². The van der Waals surface area contributed by atoms with E-state index in [1.165, 1.54) is 5.75 Å². The van der Waals surface area contributed by atoms with Crippen molar-refractivity contribution in [1.29, 1.82) is 0 Å². The molecule has 0 saturated carbocycles. The normalized spacial score (nSPS) is 15.0. The lowest BCUT2D eigenvalue weighted by atomic mass is 10.3. The Kier molecular flexibility index (Phi) is 6.42. The third kappa shape index (κ3) is 6.23. The summed E-state index contributed by atoms with van der Waals surface area (Å²) in [5.74, 6) is 1.94. The first kappa shape index (κ1) is 10.8. The molecular formula is C8H18N2S. The summed E-state index contributed by atoms with van der Waals surface area (Å²) in [6.45, 7) is 4.14. The number of aliphatic imine (C=N–C) groups is 1. The second-order valence-corrected chi connectivity index (χ2v) is 3.59. The fraction of sp³-hybridized carbons (Fsp3) is 0.875. The van der Waals surface area contributed by atoms with Crippen LogP contribution in [0.4, 0.5) is 0 Å². The van der Waals surface area contributed by atoms with Gasteiger partial charge in [-0.15, -0.1) is 0 Å². The van der Waals surface area contributed by atoms with Crippen LogP contribution in [0.5, 0.6) is 0 Å². The van der Waals surface area contributed by atoms with Gasteiger partial charge in [0.2, 0.25) is 0 Å². The number of nitrogens with zero attached hydrogens (tertiary/aromatic N) is 1. The molecule has 3 heteroatoms. The molecule has 0 radical (unpaired) electrons. The van der Waals surface area contributed by atoms with E-state index < -0.39 is 0 Å². The zero-order valence-corrected chi connectivity index (χ0v) is 8.45.